The van der Waals surface area contributed by atoms with Crippen molar-refractivity contribution in [1.82, 2.24) is 0 Å². The minimum Gasteiger partial charge on any atom is -0.330 e. The van der Waals surface area contributed by atoms with Crippen LogP contribution in [0.25, 0.3) is 0 Å². The van der Waals surface area contributed by atoms with Crippen molar-refractivity contribution in [2.45, 2.75) is 44.4 Å². The molecule has 0 aliphatic heterocycles. The molecule has 2 rings (SSSR count). The summed E-state index contributed by atoms with van der Waals surface area (Å²) in [4.78, 5) is 0. The van der Waals surface area contributed by atoms with Crippen LogP contribution in [0.15, 0.2) is 24.3 Å². The first-order valence-electron chi connectivity index (χ1n) is 6.77. The maximum atomic E-state index is 13.0. The summed E-state index contributed by atoms with van der Waals surface area (Å²) in [5, 5.41) is 0. The Morgan fingerprint density at radius 3 is 2.35 bits per heavy atom. The zero-order valence-electron chi connectivity index (χ0n) is 10.4. The van der Waals surface area contributed by atoms with Crippen LogP contribution < -0.4 is 5.73 Å². The standard InChI is InChI=1S/C15H22FN/c16-14-8-6-13(7-9-14)15(10-11-17)12-4-2-1-3-5-12/h6-9,12,15H,1-5,10-11,17H2. The Kier molecular flexibility index (Phi) is 4.55. The van der Waals surface area contributed by atoms with Crippen molar-refractivity contribution in [2.24, 2.45) is 11.7 Å². The van der Waals surface area contributed by atoms with Crippen molar-refractivity contribution < 1.29 is 4.39 Å². The molecular formula is C15H22FN. The van der Waals surface area contributed by atoms with Gasteiger partial charge in [0, 0.05) is 0 Å². The van der Waals surface area contributed by atoms with E-state index in [9.17, 15) is 4.39 Å². The molecule has 2 heteroatoms. The second-order valence-corrected chi connectivity index (χ2v) is 5.13. The minimum atomic E-state index is -0.149. The fourth-order valence-electron chi connectivity index (χ4n) is 3.10. The fourth-order valence-corrected chi connectivity index (χ4v) is 3.10. The van der Waals surface area contributed by atoms with Crippen LogP contribution in [0.2, 0.25) is 0 Å². The third-order valence-electron chi connectivity index (χ3n) is 3.99. The Hall–Kier alpha value is -0.890. The third kappa shape index (κ3) is 3.29. The van der Waals surface area contributed by atoms with Crippen LogP contribution in [0.1, 0.15) is 50.0 Å². The Balaban J connectivity index is 2.12. The molecule has 0 saturated heterocycles. The van der Waals surface area contributed by atoms with Gasteiger partial charge in [-0.2, -0.15) is 0 Å². The zero-order chi connectivity index (χ0) is 12.1. The molecule has 0 amide bonds. The van der Waals surface area contributed by atoms with Gasteiger partial charge in [-0.1, -0.05) is 31.4 Å². The highest BCUT2D eigenvalue weighted by molar-refractivity contribution is 5.21. The summed E-state index contributed by atoms with van der Waals surface area (Å²) in [6.07, 6.45) is 7.69. The summed E-state index contributed by atoms with van der Waals surface area (Å²) in [7, 11) is 0. The average Bonchev–Trinajstić information content (AvgIpc) is 2.38. The highest BCUT2D eigenvalue weighted by Crippen LogP contribution is 2.37. The topological polar surface area (TPSA) is 26.0 Å². The van der Waals surface area contributed by atoms with Crippen LogP contribution in [0.3, 0.4) is 0 Å². The van der Waals surface area contributed by atoms with E-state index in [0.717, 1.165) is 18.9 Å². The smallest absolute Gasteiger partial charge is 0.123 e. The quantitative estimate of drug-likeness (QED) is 0.843. The third-order valence-corrected chi connectivity index (χ3v) is 3.99. The maximum absolute atomic E-state index is 13.0. The van der Waals surface area contributed by atoms with E-state index in [2.05, 4.69) is 0 Å². The van der Waals surface area contributed by atoms with Crippen LogP contribution in [0, 0.1) is 11.7 Å². The van der Waals surface area contributed by atoms with E-state index in [4.69, 9.17) is 5.73 Å². The second kappa shape index (κ2) is 6.15. The lowest BCUT2D eigenvalue weighted by molar-refractivity contribution is 0.296. The van der Waals surface area contributed by atoms with E-state index in [-0.39, 0.29) is 5.82 Å². The van der Waals surface area contributed by atoms with Crippen LogP contribution in [0.4, 0.5) is 4.39 Å². The molecule has 1 aromatic rings. The highest BCUT2D eigenvalue weighted by Gasteiger charge is 2.24. The first-order valence-corrected chi connectivity index (χ1v) is 6.77. The predicted octanol–water partition coefficient (Wildman–Crippen LogP) is 3.84. The predicted molar refractivity (Wildman–Crippen MR) is 69.4 cm³/mol. The van der Waals surface area contributed by atoms with E-state index < -0.39 is 0 Å². The molecule has 1 aromatic carbocycles. The fraction of sp³-hybridized carbons (Fsp3) is 0.600. The van der Waals surface area contributed by atoms with Crippen LogP contribution in [0.5, 0.6) is 0 Å². The highest BCUT2D eigenvalue weighted by atomic mass is 19.1. The molecule has 1 saturated carbocycles. The molecular weight excluding hydrogens is 213 g/mol. The summed E-state index contributed by atoms with van der Waals surface area (Å²) >= 11 is 0. The minimum absolute atomic E-state index is 0.149. The molecule has 0 bridgehead atoms. The van der Waals surface area contributed by atoms with Gasteiger partial charge in [-0.3, -0.25) is 0 Å². The van der Waals surface area contributed by atoms with Crippen molar-refractivity contribution >= 4 is 0 Å². The lowest BCUT2D eigenvalue weighted by Crippen LogP contribution is -2.19. The van der Waals surface area contributed by atoms with Crippen molar-refractivity contribution in [3.63, 3.8) is 0 Å². The molecule has 1 unspecified atom stereocenters. The molecule has 0 heterocycles. The van der Waals surface area contributed by atoms with Gasteiger partial charge >= 0.3 is 0 Å². The van der Waals surface area contributed by atoms with Gasteiger partial charge < -0.3 is 5.73 Å². The second-order valence-electron chi connectivity index (χ2n) is 5.13. The Bertz CT molecular complexity index is 327. The van der Waals surface area contributed by atoms with E-state index in [1.807, 2.05) is 12.1 Å². The number of hydrogen-bond acceptors (Lipinski definition) is 1. The first-order chi connectivity index (χ1) is 8.31. The SMILES string of the molecule is NCCC(c1ccc(F)cc1)C1CCCCC1. The Labute approximate surface area is 103 Å². The summed E-state index contributed by atoms with van der Waals surface area (Å²) in [6.45, 7) is 0.721. The van der Waals surface area contributed by atoms with E-state index >= 15 is 0 Å². The van der Waals surface area contributed by atoms with Crippen molar-refractivity contribution in [2.75, 3.05) is 6.54 Å². The monoisotopic (exact) mass is 235 g/mol. The van der Waals surface area contributed by atoms with Gasteiger partial charge in [0.15, 0.2) is 0 Å². The largest absolute Gasteiger partial charge is 0.330 e. The van der Waals surface area contributed by atoms with Gasteiger partial charge in [-0.05, 0) is 55.3 Å². The number of rotatable bonds is 4. The first kappa shape index (κ1) is 12.6. The Morgan fingerprint density at radius 1 is 1.12 bits per heavy atom. The molecule has 0 aromatic heterocycles. The van der Waals surface area contributed by atoms with Crippen LogP contribution >= 0.6 is 0 Å². The maximum Gasteiger partial charge on any atom is 0.123 e. The van der Waals surface area contributed by atoms with Gasteiger partial charge in [0.1, 0.15) is 5.82 Å². The summed E-state index contributed by atoms with van der Waals surface area (Å²) in [6, 6.07) is 7.01. The summed E-state index contributed by atoms with van der Waals surface area (Å²) in [5.41, 5.74) is 7.00. The summed E-state index contributed by atoms with van der Waals surface area (Å²) in [5.74, 6) is 1.13. The van der Waals surface area contributed by atoms with E-state index in [1.165, 1.54) is 37.7 Å². The lowest BCUT2D eigenvalue weighted by Gasteiger charge is -2.30. The molecule has 1 fully saturated rings. The van der Waals surface area contributed by atoms with Gasteiger partial charge in [0.25, 0.3) is 0 Å². The van der Waals surface area contributed by atoms with E-state index in [1.54, 1.807) is 12.1 Å². The Morgan fingerprint density at radius 2 is 1.76 bits per heavy atom. The van der Waals surface area contributed by atoms with Gasteiger partial charge in [0.2, 0.25) is 0 Å². The normalized spacial score (nSPS) is 19.2. The van der Waals surface area contributed by atoms with Crippen molar-refractivity contribution in [1.29, 1.82) is 0 Å². The van der Waals surface area contributed by atoms with Crippen molar-refractivity contribution in [3.05, 3.63) is 35.6 Å². The molecule has 1 nitrogen and oxygen atoms in total. The lowest BCUT2D eigenvalue weighted by atomic mass is 9.75. The summed E-state index contributed by atoms with van der Waals surface area (Å²) < 4.78 is 13.0. The average molecular weight is 235 g/mol. The van der Waals surface area contributed by atoms with Gasteiger partial charge in [-0.15, -0.1) is 0 Å². The molecule has 1 aliphatic rings. The molecule has 2 N–H and O–H groups in total. The molecule has 94 valence electrons. The number of halogens is 1. The van der Waals surface area contributed by atoms with Crippen molar-refractivity contribution in [3.8, 4) is 0 Å². The number of benzene rings is 1. The zero-order valence-corrected chi connectivity index (χ0v) is 10.4. The molecule has 1 aliphatic carbocycles. The van der Waals surface area contributed by atoms with Gasteiger partial charge in [0.05, 0.1) is 0 Å². The molecule has 1 atom stereocenters. The van der Waals surface area contributed by atoms with Crippen LogP contribution in [-0.4, -0.2) is 6.54 Å². The van der Waals surface area contributed by atoms with Crippen LogP contribution in [-0.2, 0) is 0 Å². The molecule has 0 radical (unpaired) electrons. The van der Waals surface area contributed by atoms with Gasteiger partial charge in [-0.25, -0.2) is 4.39 Å². The number of hydrogen-bond donors (Lipinski definition) is 1. The van der Waals surface area contributed by atoms with E-state index in [0.29, 0.717) is 5.92 Å². The molecule has 17 heavy (non-hydrogen) atoms. The number of nitrogens with two attached hydrogens (primary N) is 1. The molecule has 0 spiro atoms.